The lowest BCUT2D eigenvalue weighted by Crippen LogP contribution is -2.19. The lowest BCUT2D eigenvalue weighted by atomic mass is 9.86. The monoisotopic (exact) mass is 296 g/mol. The first-order valence-corrected chi connectivity index (χ1v) is 6.27. The third-order valence-corrected chi connectivity index (χ3v) is 2.90. The number of hydrogen-bond acceptors (Lipinski definition) is 4. The van der Waals surface area contributed by atoms with Gasteiger partial charge in [0, 0.05) is 6.42 Å². The summed E-state index contributed by atoms with van der Waals surface area (Å²) in [7, 11) is 0. The summed E-state index contributed by atoms with van der Waals surface area (Å²) >= 11 is 0. The van der Waals surface area contributed by atoms with E-state index in [0.29, 0.717) is 0 Å². The molecule has 0 aliphatic heterocycles. The molecule has 0 saturated heterocycles. The molecule has 112 valence electrons. The molecule has 0 unspecified atom stereocenters. The molecule has 2 aromatic rings. The number of aromatic nitrogens is 2. The topological polar surface area (TPSA) is 76.2 Å². The standard InChI is InChI=1S/C14H14F2N2O3/c1-14(2,7-11(19)20)6-10-17-18-13(21-10)12-8(15)4-3-5-9(12)16/h3-5H,6-7H2,1-2H3,(H,19,20). The van der Waals surface area contributed by atoms with Crippen LogP contribution in [0.4, 0.5) is 8.78 Å². The summed E-state index contributed by atoms with van der Waals surface area (Å²) < 4.78 is 32.5. The van der Waals surface area contributed by atoms with E-state index in [0.717, 1.165) is 12.1 Å². The van der Waals surface area contributed by atoms with Crippen LogP contribution in [0.15, 0.2) is 22.6 Å². The lowest BCUT2D eigenvalue weighted by Gasteiger charge is -2.19. The second-order valence-electron chi connectivity index (χ2n) is 5.51. The highest BCUT2D eigenvalue weighted by molar-refractivity contribution is 5.67. The van der Waals surface area contributed by atoms with Gasteiger partial charge in [-0.05, 0) is 17.5 Å². The molecule has 2 rings (SSSR count). The molecular weight excluding hydrogens is 282 g/mol. The Morgan fingerprint density at radius 1 is 1.29 bits per heavy atom. The number of benzene rings is 1. The van der Waals surface area contributed by atoms with Crippen LogP contribution in [0, 0.1) is 17.0 Å². The van der Waals surface area contributed by atoms with E-state index in [-0.39, 0.29) is 30.2 Å². The maximum Gasteiger partial charge on any atom is 0.303 e. The number of nitrogens with zero attached hydrogens (tertiary/aromatic N) is 2. The average molecular weight is 296 g/mol. The van der Waals surface area contributed by atoms with Crippen molar-refractivity contribution in [1.29, 1.82) is 0 Å². The first-order chi connectivity index (χ1) is 9.78. The minimum atomic E-state index is -0.945. The molecule has 1 heterocycles. The lowest BCUT2D eigenvalue weighted by molar-refractivity contribution is -0.139. The first-order valence-electron chi connectivity index (χ1n) is 6.27. The Morgan fingerprint density at radius 3 is 2.48 bits per heavy atom. The van der Waals surface area contributed by atoms with Crippen LogP contribution in [0.3, 0.4) is 0 Å². The maximum absolute atomic E-state index is 13.6. The van der Waals surface area contributed by atoms with Gasteiger partial charge in [-0.2, -0.15) is 0 Å². The van der Waals surface area contributed by atoms with Crippen molar-refractivity contribution >= 4 is 5.97 Å². The molecule has 0 aliphatic carbocycles. The van der Waals surface area contributed by atoms with Crippen LogP contribution in [-0.4, -0.2) is 21.3 Å². The molecule has 1 aromatic heterocycles. The summed E-state index contributed by atoms with van der Waals surface area (Å²) in [6.07, 6.45) is 0.112. The van der Waals surface area contributed by atoms with Crippen LogP contribution < -0.4 is 0 Å². The van der Waals surface area contributed by atoms with Crippen molar-refractivity contribution in [3.63, 3.8) is 0 Å². The Balaban J connectivity index is 2.25. The highest BCUT2D eigenvalue weighted by atomic mass is 19.1. The highest BCUT2D eigenvalue weighted by Crippen LogP contribution is 2.29. The number of rotatable bonds is 5. The Bertz CT molecular complexity index is 648. The van der Waals surface area contributed by atoms with Gasteiger partial charge in [0.25, 0.3) is 5.89 Å². The summed E-state index contributed by atoms with van der Waals surface area (Å²) in [6.45, 7) is 3.46. The quantitative estimate of drug-likeness (QED) is 0.917. The molecule has 1 N–H and O–H groups in total. The summed E-state index contributed by atoms with van der Waals surface area (Å²) in [5.74, 6) is -2.66. The molecule has 0 radical (unpaired) electrons. The second-order valence-corrected chi connectivity index (χ2v) is 5.51. The largest absolute Gasteiger partial charge is 0.481 e. The summed E-state index contributed by atoms with van der Waals surface area (Å²) in [5, 5.41) is 16.2. The minimum Gasteiger partial charge on any atom is -0.481 e. The van der Waals surface area contributed by atoms with Crippen LogP contribution in [0.1, 0.15) is 26.2 Å². The molecule has 0 atom stereocenters. The first kappa shape index (κ1) is 15.1. The predicted molar refractivity (Wildman–Crippen MR) is 69.4 cm³/mol. The number of halogens is 2. The van der Waals surface area contributed by atoms with E-state index in [9.17, 15) is 13.6 Å². The van der Waals surface area contributed by atoms with Crippen molar-refractivity contribution < 1.29 is 23.1 Å². The van der Waals surface area contributed by atoms with Crippen molar-refractivity contribution in [1.82, 2.24) is 10.2 Å². The van der Waals surface area contributed by atoms with Crippen molar-refractivity contribution in [3.05, 3.63) is 35.7 Å². The van der Waals surface area contributed by atoms with Gasteiger partial charge in [-0.3, -0.25) is 4.79 Å². The van der Waals surface area contributed by atoms with E-state index < -0.39 is 23.0 Å². The van der Waals surface area contributed by atoms with Crippen molar-refractivity contribution in [2.24, 2.45) is 5.41 Å². The van der Waals surface area contributed by atoms with Crippen LogP contribution in [0.2, 0.25) is 0 Å². The van der Waals surface area contributed by atoms with Gasteiger partial charge in [0.1, 0.15) is 17.2 Å². The van der Waals surface area contributed by atoms with E-state index in [1.54, 1.807) is 13.8 Å². The van der Waals surface area contributed by atoms with Crippen LogP contribution in [0.5, 0.6) is 0 Å². The zero-order chi connectivity index (χ0) is 15.6. The molecule has 7 heteroatoms. The molecule has 21 heavy (non-hydrogen) atoms. The van der Waals surface area contributed by atoms with Gasteiger partial charge in [0.15, 0.2) is 0 Å². The smallest absolute Gasteiger partial charge is 0.303 e. The molecule has 1 aromatic carbocycles. The number of carbonyl (C=O) groups is 1. The highest BCUT2D eigenvalue weighted by Gasteiger charge is 2.26. The van der Waals surface area contributed by atoms with Gasteiger partial charge < -0.3 is 9.52 Å². The van der Waals surface area contributed by atoms with E-state index in [2.05, 4.69) is 10.2 Å². The summed E-state index contributed by atoms with van der Waals surface area (Å²) in [6, 6.07) is 3.43. The molecular formula is C14H14F2N2O3. The Morgan fingerprint density at radius 2 is 1.90 bits per heavy atom. The molecule has 0 fully saturated rings. The molecule has 0 bridgehead atoms. The van der Waals surface area contributed by atoms with Crippen molar-refractivity contribution in [2.45, 2.75) is 26.7 Å². The Labute approximate surface area is 119 Å². The van der Waals surface area contributed by atoms with Crippen molar-refractivity contribution in [3.8, 4) is 11.5 Å². The number of carboxylic acid groups (broad SMARTS) is 1. The van der Waals surface area contributed by atoms with E-state index in [1.807, 2.05) is 0 Å². The summed E-state index contributed by atoms with van der Waals surface area (Å²) in [5.41, 5.74) is -0.990. The third-order valence-electron chi connectivity index (χ3n) is 2.90. The fourth-order valence-corrected chi connectivity index (χ4v) is 2.01. The van der Waals surface area contributed by atoms with Crippen LogP contribution in [0.25, 0.3) is 11.5 Å². The van der Waals surface area contributed by atoms with Gasteiger partial charge in [0.05, 0.1) is 6.42 Å². The van der Waals surface area contributed by atoms with E-state index in [4.69, 9.17) is 9.52 Å². The third kappa shape index (κ3) is 3.62. The minimum absolute atomic E-state index is 0.0846. The normalized spacial score (nSPS) is 11.6. The fraction of sp³-hybridized carbons (Fsp3) is 0.357. The molecule has 0 spiro atoms. The second kappa shape index (κ2) is 5.59. The van der Waals surface area contributed by atoms with E-state index >= 15 is 0 Å². The zero-order valence-electron chi connectivity index (χ0n) is 11.6. The summed E-state index contributed by atoms with van der Waals surface area (Å²) in [4.78, 5) is 10.8. The zero-order valence-corrected chi connectivity index (χ0v) is 11.6. The van der Waals surface area contributed by atoms with Gasteiger partial charge >= 0.3 is 5.97 Å². The van der Waals surface area contributed by atoms with E-state index in [1.165, 1.54) is 6.07 Å². The molecule has 5 nitrogen and oxygen atoms in total. The number of carboxylic acids is 1. The predicted octanol–water partition coefficient (Wildman–Crippen LogP) is 3.06. The van der Waals surface area contributed by atoms with Gasteiger partial charge in [-0.25, -0.2) is 8.78 Å². The van der Waals surface area contributed by atoms with Crippen LogP contribution >= 0.6 is 0 Å². The van der Waals surface area contributed by atoms with Gasteiger partial charge in [0.2, 0.25) is 5.89 Å². The number of aliphatic carboxylic acids is 1. The molecule has 0 amide bonds. The maximum atomic E-state index is 13.6. The Hall–Kier alpha value is -2.31. The molecule has 0 aliphatic rings. The van der Waals surface area contributed by atoms with Crippen LogP contribution in [-0.2, 0) is 11.2 Å². The fourth-order valence-electron chi connectivity index (χ4n) is 2.01. The SMILES string of the molecule is CC(C)(CC(=O)O)Cc1nnc(-c2c(F)cccc2F)o1. The average Bonchev–Trinajstić information content (AvgIpc) is 2.74. The van der Waals surface area contributed by atoms with Gasteiger partial charge in [-0.15, -0.1) is 10.2 Å². The molecule has 0 saturated carbocycles. The van der Waals surface area contributed by atoms with Gasteiger partial charge in [-0.1, -0.05) is 19.9 Å². The van der Waals surface area contributed by atoms with Crippen molar-refractivity contribution in [2.75, 3.05) is 0 Å². The number of hydrogen-bond donors (Lipinski definition) is 1. The Kier molecular flexibility index (Phi) is 4.02.